The minimum Gasteiger partial charge on any atom is -0.397 e. The first-order chi connectivity index (χ1) is 8.17. The van der Waals surface area contributed by atoms with Crippen LogP contribution in [0.2, 0.25) is 0 Å². The normalized spacial score (nSPS) is 19.9. The maximum atomic E-state index is 12.5. The Morgan fingerprint density at radius 1 is 1.53 bits per heavy atom. The van der Waals surface area contributed by atoms with Crippen LogP contribution in [-0.2, 0) is 6.54 Å². The fourth-order valence-electron chi connectivity index (χ4n) is 2.65. The molecule has 2 N–H and O–H groups in total. The summed E-state index contributed by atoms with van der Waals surface area (Å²) in [5, 5.41) is 0. The summed E-state index contributed by atoms with van der Waals surface area (Å²) in [7, 11) is 0. The third kappa shape index (κ3) is 2.16. The molecule has 4 nitrogen and oxygen atoms in total. The van der Waals surface area contributed by atoms with Crippen molar-refractivity contribution in [2.75, 3.05) is 12.3 Å². The third-order valence-electron chi connectivity index (χ3n) is 3.59. The molecule has 1 atom stereocenters. The highest BCUT2D eigenvalue weighted by Gasteiger charge is 2.29. The molecule has 2 heterocycles. The molecule has 94 valence electrons. The standard InChI is InChI=1S/C13H21N3O/c1-3-11-6-5-7-16(11)13(17)12-8-10(14)9-15(12)4-2/h8-9,11H,3-7,14H2,1-2H3. The largest absolute Gasteiger partial charge is 0.397 e. The van der Waals surface area contributed by atoms with Gasteiger partial charge in [-0.2, -0.15) is 0 Å². The van der Waals surface area contributed by atoms with E-state index in [9.17, 15) is 4.79 Å². The van der Waals surface area contributed by atoms with Crippen LogP contribution in [0.1, 0.15) is 43.6 Å². The van der Waals surface area contributed by atoms with Crippen LogP contribution < -0.4 is 5.73 Å². The van der Waals surface area contributed by atoms with Crippen molar-refractivity contribution in [3.63, 3.8) is 0 Å². The smallest absolute Gasteiger partial charge is 0.270 e. The molecule has 0 aromatic carbocycles. The lowest BCUT2D eigenvalue weighted by Gasteiger charge is -2.24. The summed E-state index contributed by atoms with van der Waals surface area (Å²) in [6, 6.07) is 2.19. The maximum Gasteiger partial charge on any atom is 0.270 e. The summed E-state index contributed by atoms with van der Waals surface area (Å²) in [6.45, 7) is 5.83. The van der Waals surface area contributed by atoms with E-state index < -0.39 is 0 Å². The number of amides is 1. The number of nitrogens with zero attached hydrogens (tertiary/aromatic N) is 2. The molecule has 2 rings (SSSR count). The summed E-state index contributed by atoms with van der Waals surface area (Å²) in [5.74, 6) is 0.132. The van der Waals surface area contributed by atoms with Crippen LogP contribution in [0.5, 0.6) is 0 Å². The fourth-order valence-corrected chi connectivity index (χ4v) is 2.65. The molecule has 1 aliphatic rings. The van der Waals surface area contributed by atoms with Gasteiger partial charge >= 0.3 is 0 Å². The van der Waals surface area contributed by atoms with Crippen molar-refractivity contribution in [1.82, 2.24) is 9.47 Å². The van der Waals surface area contributed by atoms with Crippen LogP contribution in [0.25, 0.3) is 0 Å². The second-order valence-electron chi connectivity index (χ2n) is 4.65. The van der Waals surface area contributed by atoms with Gasteiger partial charge in [0.2, 0.25) is 0 Å². The van der Waals surface area contributed by atoms with Gasteiger partial charge in [0, 0.05) is 25.3 Å². The Kier molecular flexibility index (Phi) is 3.41. The van der Waals surface area contributed by atoms with Crippen molar-refractivity contribution < 1.29 is 4.79 Å². The van der Waals surface area contributed by atoms with E-state index in [-0.39, 0.29) is 5.91 Å². The molecular weight excluding hydrogens is 214 g/mol. The van der Waals surface area contributed by atoms with E-state index in [1.54, 1.807) is 6.07 Å². The number of nitrogens with two attached hydrogens (primary N) is 1. The van der Waals surface area contributed by atoms with E-state index in [1.807, 2.05) is 22.6 Å². The van der Waals surface area contributed by atoms with Gasteiger partial charge in [0.15, 0.2) is 0 Å². The van der Waals surface area contributed by atoms with Gasteiger partial charge < -0.3 is 15.2 Å². The monoisotopic (exact) mass is 235 g/mol. The molecule has 17 heavy (non-hydrogen) atoms. The van der Waals surface area contributed by atoms with E-state index in [2.05, 4.69) is 6.92 Å². The summed E-state index contributed by atoms with van der Waals surface area (Å²) in [4.78, 5) is 14.5. The van der Waals surface area contributed by atoms with Crippen molar-refractivity contribution in [3.05, 3.63) is 18.0 Å². The van der Waals surface area contributed by atoms with Gasteiger partial charge in [-0.15, -0.1) is 0 Å². The number of rotatable bonds is 3. The van der Waals surface area contributed by atoms with Crippen molar-refractivity contribution in [2.24, 2.45) is 0 Å². The Morgan fingerprint density at radius 2 is 2.29 bits per heavy atom. The topological polar surface area (TPSA) is 51.3 Å². The van der Waals surface area contributed by atoms with Crippen LogP contribution in [0.15, 0.2) is 12.3 Å². The second kappa shape index (κ2) is 4.82. The number of nitrogen functional groups attached to an aromatic ring is 1. The van der Waals surface area contributed by atoms with Crippen LogP contribution in [0.4, 0.5) is 5.69 Å². The highest BCUT2D eigenvalue weighted by Crippen LogP contribution is 2.23. The number of anilines is 1. The van der Waals surface area contributed by atoms with Crippen molar-refractivity contribution in [3.8, 4) is 0 Å². The number of hydrogen-bond acceptors (Lipinski definition) is 2. The Hall–Kier alpha value is -1.45. The van der Waals surface area contributed by atoms with Gasteiger partial charge in [-0.1, -0.05) is 6.92 Å². The molecule has 0 spiro atoms. The van der Waals surface area contributed by atoms with Gasteiger partial charge in [-0.3, -0.25) is 4.79 Å². The number of carbonyl (C=O) groups excluding carboxylic acids is 1. The number of aromatic nitrogens is 1. The summed E-state index contributed by atoms with van der Waals surface area (Å²) >= 11 is 0. The second-order valence-corrected chi connectivity index (χ2v) is 4.65. The van der Waals surface area contributed by atoms with Crippen molar-refractivity contribution >= 4 is 11.6 Å². The number of carbonyl (C=O) groups is 1. The maximum absolute atomic E-state index is 12.5. The Bertz CT molecular complexity index is 411. The van der Waals surface area contributed by atoms with Crippen LogP contribution in [0, 0.1) is 0 Å². The third-order valence-corrected chi connectivity index (χ3v) is 3.59. The lowest BCUT2D eigenvalue weighted by molar-refractivity contribution is 0.0723. The highest BCUT2D eigenvalue weighted by molar-refractivity contribution is 5.94. The minimum atomic E-state index is 0.132. The average molecular weight is 235 g/mol. The molecule has 1 amide bonds. The quantitative estimate of drug-likeness (QED) is 0.872. The van der Waals surface area contributed by atoms with Gasteiger partial charge in [0.05, 0.1) is 5.69 Å². The van der Waals surface area contributed by atoms with Crippen LogP contribution in [-0.4, -0.2) is 28.0 Å². The predicted molar refractivity (Wildman–Crippen MR) is 68.9 cm³/mol. The van der Waals surface area contributed by atoms with Crippen molar-refractivity contribution in [2.45, 2.75) is 45.7 Å². The summed E-state index contributed by atoms with van der Waals surface area (Å²) in [6.07, 6.45) is 5.12. The SMILES string of the molecule is CCC1CCCN1C(=O)c1cc(N)cn1CC. The molecule has 1 aromatic heterocycles. The first kappa shape index (κ1) is 12.0. The molecule has 0 bridgehead atoms. The zero-order chi connectivity index (χ0) is 12.4. The van der Waals surface area contributed by atoms with E-state index in [0.29, 0.717) is 11.7 Å². The summed E-state index contributed by atoms with van der Waals surface area (Å²) in [5.41, 5.74) is 7.16. The number of likely N-dealkylation sites (tertiary alicyclic amines) is 1. The predicted octanol–water partition coefficient (Wildman–Crippen LogP) is 2.10. The molecule has 1 fully saturated rings. The number of aryl methyl sites for hydroxylation is 1. The lowest BCUT2D eigenvalue weighted by Crippen LogP contribution is -2.36. The van der Waals surface area contributed by atoms with Crippen LogP contribution >= 0.6 is 0 Å². The summed E-state index contributed by atoms with van der Waals surface area (Å²) < 4.78 is 1.93. The zero-order valence-corrected chi connectivity index (χ0v) is 10.6. The van der Waals surface area contributed by atoms with Gasteiger partial charge in [-0.25, -0.2) is 0 Å². The van der Waals surface area contributed by atoms with Crippen LogP contribution in [0.3, 0.4) is 0 Å². The molecule has 1 aromatic rings. The molecule has 1 aliphatic heterocycles. The van der Waals surface area contributed by atoms with E-state index in [0.717, 1.165) is 38.0 Å². The first-order valence-corrected chi connectivity index (χ1v) is 6.44. The number of hydrogen-bond donors (Lipinski definition) is 1. The van der Waals surface area contributed by atoms with Crippen molar-refractivity contribution in [1.29, 1.82) is 0 Å². The lowest BCUT2D eigenvalue weighted by atomic mass is 10.1. The highest BCUT2D eigenvalue weighted by atomic mass is 16.2. The molecule has 0 radical (unpaired) electrons. The fraction of sp³-hybridized carbons (Fsp3) is 0.615. The molecule has 1 saturated heterocycles. The minimum absolute atomic E-state index is 0.132. The van der Waals surface area contributed by atoms with E-state index in [4.69, 9.17) is 5.73 Å². The Labute approximate surface area is 102 Å². The van der Waals surface area contributed by atoms with Gasteiger partial charge in [0.25, 0.3) is 5.91 Å². The molecule has 0 aliphatic carbocycles. The Morgan fingerprint density at radius 3 is 2.94 bits per heavy atom. The zero-order valence-electron chi connectivity index (χ0n) is 10.6. The first-order valence-electron chi connectivity index (χ1n) is 6.44. The Balaban J connectivity index is 2.24. The van der Waals surface area contributed by atoms with Gasteiger partial charge in [-0.05, 0) is 32.3 Å². The molecule has 1 unspecified atom stereocenters. The molecule has 4 heteroatoms. The van der Waals surface area contributed by atoms with E-state index in [1.165, 1.54) is 0 Å². The average Bonchev–Trinajstić information content (AvgIpc) is 2.93. The van der Waals surface area contributed by atoms with Gasteiger partial charge in [0.1, 0.15) is 5.69 Å². The molecular formula is C13H21N3O. The van der Waals surface area contributed by atoms with E-state index >= 15 is 0 Å². The molecule has 0 saturated carbocycles.